The molecule has 1 atom stereocenters. The predicted octanol–water partition coefficient (Wildman–Crippen LogP) is 4.88. The lowest BCUT2D eigenvalue weighted by Crippen LogP contribution is -2.54. The van der Waals surface area contributed by atoms with E-state index in [-0.39, 0.29) is 0 Å². The molecule has 0 saturated heterocycles. The zero-order valence-electron chi connectivity index (χ0n) is 20.1. The Morgan fingerprint density at radius 1 is 0.815 bits per heavy atom. The van der Waals surface area contributed by atoms with Crippen LogP contribution < -0.4 is 0 Å². The molecular formula is C18H48O5Si4. The van der Waals surface area contributed by atoms with E-state index in [2.05, 4.69) is 59.7 Å². The Kier molecular flexibility index (Phi) is 17.1. The highest BCUT2D eigenvalue weighted by Gasteiger charge is 2.42. The van der Waals surface area contributed by atoms with Crippen molar-refractivity contribution < 1.29 is 21.8 Å². The van der Waals surface area contributed by atoms with Crippen LogP contribution >= 0.6 is 0 Å². The van der Waals surface area contributed by atoms with Crippen molar-refractivity contribution in [2.75, 3.05) is 26.4 Å². The van der Waals surface area contributed by atoms with Gasteiger partial charge in [-0.05, 0) is 57.7 Å². The van der Waals surface area contributed by atoms with Gasteiger partial charge < -0.3 is 21.8 Å². The quantitative estimate of drug-likeness (QED) is 0.259. The molecular weight excluding hydrogens is 409 g/mol. The molecule has 0 heterocycles. The topological polar surface area (TPSA) is 46.2 Å². The average Bonchev–Trinajstić information content (AvgIpc) is 2.48. The van der Waals surface area contributed by atoms with Crippen LogP contribution in [0, 0.1) is 5.92 Å². The monoisotopic (exact) mass is 456 g/mol. The molecule has 0 N–H and O–H groups in total. The van der Waals surface area contributed by atoms with Gasteiger partial charge in [0.25, 0.3) is 0 Å². The summed E-state index contributed by atoms with van der Waals surface area (Å²) in [6.07, 6.45) is 0.964. The van der Waals surface area contributed by atoms with E-state index in [1.165, 1.54) is 0 Å². The number of hydrogen-bond acceptors (Lipinski definition) is 5. The normalized spacial score (nSPS) is 15.1. The second-order valence-corrected chi connectivity index (χ2v) is 21.6. The van der Waals surface area contributed by atoms with Crippen molar-refractivity contribution in [1.29, 1.82) is 0 Å². The lowest BCUT2D eigenvalue weighted by atomic mass is 10.2. The average molecular weight is 457 g/mol. The van der Waals surface area contributed by atoms with Crippen molar-refractivity contribution in [2.24, 2.45) is 5.92 Å². The molecule has 9 heteroatoms. The molecule has 0 saturated carbocycles. The summed E-state index contributed by atoms with van der Waals surface area (Å²) in [6.45, 7) is 26.5. The second-order valence-electron chi connectivity index (χ2n) is 8.47. The van der Waals surface area contributed by atoms with Gasteiger partial charge in [0.1, 0.15) is 9.76 Å². The summed E-state index contributed by atoms with van der Waals surface area (Å²) >= 11 is 0. The molecule has 0 amide bonds. The van der Waals surface area contributed by atoms with Crippen LogP contribution in [-0.4, -0.2) is 61.6 Å². The molecule has 0 aliphatic heterocycles. The lowest BCUT2D eigenvalue weighted by molar-refractivity contribution is 0.0376. The van der Waals surface area contributed by atoms with Gasteiger partial charge >= 0.3 is 17.1 Å². The number of ether oxygens (including phenoxy) is 2. The van der Waals surface area contributed by atoms with E-state index >= 15 is 0 Å². The number of hydrogen-bond donors (Lipinski definition) is 0. The van der Waals surface area contributed by atoms with Gasteiger partial charge in [0.05, 0.1) is 13.2 Å². The van der Waals surface area contributed by atoms with Crippen LogP contribution in [0.5, 0.6) is 0 Å². The third-order valence-corrected chi connectivity index (χ3v) is 16.3. The van der Waals surface area contributed by atoms with Gasteiger partial charge in [-0.25, -0.2) is 0 Å². The minimum Gasteiger partial charge on any atom is -0.442 e. The lowest BCUT2D eigenvalue weighted by Gasteiger charge is -2.39. The van der Waals surface area contributed by atoms with Crippen molar-refractivity contribution in [3.8, 4) is 0 Å². The van der Waals surface area contributed by atoms with E-state index < -0.39 is 35.2 Å². The third kappa shape index (κ3) is 19.7. The van der Waals surface area contributed by atoms with Crippen LogP contribution in [0.2, 0.25) is 51.9 Å². The predicted molar refractivity (Wildman–Crippen MR) is 127 cm³/mol. The maximum atomic E-state index is 6.54. The summed E-state index contributed by atoms with van der Waals surface area (Å²) in [5, 5.41) is 0. The Morgan fingerprint density at radius 2 is 1.37 bits per heavy atom. The van der Waals surface area contributed by atoms with E-state index in [0.717, 1.165) is 25.7 Å². The fraction of sp³-hybridized carbons (Fsp3) is 1.00. The molecule has 0 aromatic heterocycles. The highest BCUT2D eigenvalue weighted by Crippen LogP contribution is 2.25. The van der Waals surface area contributed by atoms with Crippen molar-refractivity contribution in [2.45, 2.75) is 86.0 Å². The first-order valence-corrected chi connectivity index (χ1v) is 21.3. The molecule has 0 aromatic rings. The van der Waals surface area contributed by atoms with Gasteiger partial charge in [-0.15, -0.1) is 0 Å². The maximum absolute atomic E-state index is 6.54. The summed E-state index contributed by atoms with van der Waals surface area (Å²) in [5.74, 6) is 0.573. The summed E-state index contributed by atoms with van der Waals surface area (Å²) in [7, 11) is -6.44. The molecule has 0 rings (SSSR count). The minimum atomic E-state index is -2.24. The number of rotatable bonds is 15. The smallest absolute Gasteiger partial charge is 0.315 e. The van der Waals surface area contributed by atoms with Gasteiger partial charge in [0.15, 0.2) is 8.32 Å². The second kappa shape index (κ2) is 15.5. The summed E-state index contributed by atoms with van der Waals surface area (Å²) in [6, 6.07) is 0.954. The van der Waals surface area contributed by atoms with Gasteiger partial charge in [-0.2, -0.15) is 0 Å². The van der Waals surface area contributed by atoms with E-state index in [1.807, 2.05) is 13.8 Å². The molecule has 0 spiro atoms. The fourth-order valence-electron chi connectivity index (χ4n) is 2.70. The fourth-order valence-corrected chi connectivity index (χ4v) is 17.7. The van der Waals surface area contributed by atoms with E-state index in [9.17, 15) is 0 Å². The van der Waals surface area contributed by atoms with Crippen molar-refractivity contribution in [3.05, 3.63) is 0 Å². The third-order valence-electron chi connectivity index (χ3n) is 3.22. The highest BCUT2D eigenvalue weighted by atomic mass is 28.5. The molecule has 0 fully saturated rings. The molecule has 166 valence electrons. The first-order valence-electron chi connectivity index (χ1n) is 10.6. The molecule has 1 unspecified atom stereocenters. The zero-order chi connectivity index (χ0) is 21.6. The van der Waals surface area contributed by atoms with Crippen LogP contribution in [0.1, 0.15) is 34.1 Å². The Morgan fingerprint density at radius 3 is 1.85 bits per heavy atom. The van der Waals surface area contributed by atoms with Gasteiger partial charge in [0, 0.05) is 13.2 Å². The van der Waals surface area contributed by atoms with Crippen LogP contribution in [0.4, 0.5) is 0 Å². The SMILES string of the molecule is CC.C[SiH2]O[Si](C)(C)O[Si](C)(CCCOCCOCC(C)C)O[Si](C)(C)C. The Hall–Kier alpha value is 0.668. The molecule has 5 nitrogen and oxygen atoms in total. The molecule has 0 aliphatic rings. The van der Waals surface area contributed by atoms with Gasteiger partial charge in [0.2, 0.25) is 0 Å². The Labute approximate surface area is 175 Å². The van der Waals surface area contributed by atoms with Crippen LogP contribution in [0.15, 0.2) is 0 Å². The van der Waals surface area contributed by atoms with E-state index in [1.54, 1.807) is 0 Å². The highest BCUT2D eigenvalue weighted by molar-refractivity contribution is 6.87. The van der Waals surface area contributed by atoms with Gasteiger partial charge in [-0.1, -0.05) is 34.2 Å². The van der Waals surface area contributed by atoms with E-state index in [0.29, 0.717) is 19.1 Å². The first-order chi connectivity index (χ1) is 12.4. The van der Waals surface area contributed by atoms with Crippen molar-refractivity contribution in [3.63, 3.8) is 0 Å². The summed E-state index contributed by atoms with van der Waals surface area (Å²) < 4.78 is 30.3. The Balaban J connectivity index is 0. The van der Waals surface area contributed by atoms with Crippen molar-refractivity contribution in [1.82, 2.24) is 0 Å². The first kappa shape index (κ1) is 29.9. The summed E-state index contributed by atoms with van der Waals surface area (Å²) in [5.41, 5.74) is 0. The van der Waals surface area contributed by atoms with Gasteiger partial charge in [-0.3, -0.25) is 0 Å². The standard InChI is InChI=1S/C16H42O5Si4.C2H6/c1-16(2)15-18-13-12-17-11-10-14-25(9,20-23(4,5)6)21-24(7,8)19-22-3;1-2/h16H,10-15,22H2,1-9H3;1-2H3. The molecule has 0 bridgehead atoms. The van der Waals surface area contributed by atoms with Crippen LogP contribution in [0.25, 0.3) is 0 Å². The summed E-state index contributed by atoms with van der Waals surface area (Å²) in [4.78, 5) is 0. The zero-order valence-corrected chi connectivity index (χ0v) is 24.5. The Bertz CT molecular complexity index is 351. The van der Waals surface area contributed by atoms with Crippen LogP contribution in [-0.2, 0) is 21.8 Å². The molecule has 27 heavy (non-hydrogen) atoms. The molecule has 0 aliphatic carbocycles. The maximum Gasteiger partial charge on any atom is 0.315 e. The minimum absolute atomic E-state index is 0.466. The van der Waals surface area contributed by atoms with Crippen LogP contribution in [0.3, 0.4) is 0 Å². The molecule has 0 radical (unpaired) electrons. The van der Waals surface area contributed by atoms with E-state index in [4.69, 9.17) is 21.8 Å². The van der Waals surface area contributed by atoms with Crippen molar-refractivity contribution >= 4 is 35.2 Å². The largest absolute Gasteiger partial charge is 0.442 e. The molecule has 0 aromatic carbocycles.